The number of pyridine rings is 2. The van der Waals surface area contributed by atoms with E-state index in [4.69, 9.17) is 19.1 Å². The minimum atomic E-state index is -3.01. The third-order valence-electron chi connectivity index (χ3n) is 6.08. The normalized spacial score (nSPS) is 18.4. The van der Waals surface area contributed by atoms with Crippen LogP contribution in [-0.4, -0.2) is 48.8 Å². The van der Waals surface area contributed by atoms with E-state index in [2.05, 4.69) is 25.3 Å². The smallest absolute Gasteiger partial charge is 0.277 e. The number of aryl methyl sites for hydroxylation is 1. The summed E-state index contributed by atoms with van der Waals surface area (Å²) in [5.41, 5.74) is -3.86. The van der Waals surface area contributed by atoms with Crippen molar-refractivity contribution in [2.45, 2.75) is 44.9 Å². The zero-order chi connectivity index (χ0) is 30.6. The Morgan fingerprint density at radius 2 is 2.02 bits per heavy atom. The molecule has 0 unspecified atom stereocenters. The number of allylic oxidation sites excluding steroid dienone is 1. The van der Waals surface area contributed by atoms with Crippen molar-refractivity contribution in [3.8, 4) is 5.75 Å². The number of hydrogen-bond donors (Lipinski definition) is 2. The minimum absolute atomic E-state index is 0.00246. The van der Waals surface area contributed by atoms with E-state index in [1.807, 2.05) is 0 Å². The Morgan fingerprint density at radius 3 is 2.75 bits per heavy atom. The van der Waals surface area contributed by atoms with Crippen LogP contribution in [0.3, 0.4) is 0 Å². The fourth-order valence-electron chi connectivity index (χ4n) is 4.20. The van der Waals surface area contributed by atoms with Gasteiger partial charge in [0.2, 0.25) is 5.91 Å². The van der Waals surface area contributed by atoms with Crippen molar-refractivity contribution in [2.24, 2.45) is 4.99 Å². The molecule has 3 aromatic heterocycles. The lowest BCUT2D eigenvalue weighted by Crippen LogP contribution is -2.46. The number of halogens is 4. The molecule has 0 spiro atoms. The van der Waals surface area contributed by atoms with Crippen LogP contribution < -0.4 is 15.6 Å². The van der Waals surface area contributed by atoms with Gasteiger partial charge in [-0.25, -0.2) is 23.1 Å². The minimum Gasteiger partial charge on any atom is -0.485 e. The fourth-order valence-corrected chi connectivity index (χ4v) is 4.37. The van der Waals surface area contributed by atoms with Crippen molar-refractivity contribution in [1.29, 1.82) is 0 Å². The maximum atomic E-state index is 16.3. The summed E-state index contributed by atoms with van der Waals surface area (Å²) in [6, 6.07) is 1.84. The van der Waals surface area contributed by atoms with Crippen LogP contribution in [0, 0.1) is 11.6 Å². The molecule has 1 amide bonds. The number of carbonyl (C=O) groups is 1. The van der Waals surface area contributed by atoms with Crippen LogP contribution in [0.5, 0.6) is 5.75 Å². The molecule has 0 saturated carbocycles. The van der Waals surface area contributed by atoms with Crippen LogP contribution >= 0.6 is 11.6 Å². The van der Waals surface area contributed by atoms with E-state index in [0.717, 1.165) is 10.6 Å². The summed E-state index contributed by atoms with van der Waals surface area (Å²) in [6.07, 6.45) is 1.65. The van der Waals surface area contributed by atoms with Gasteiger partial charge in [-0.05, 0) is 26.3 Å². The highest BCUT2D eigenvalue weighted by Crippen LogP contribution is 2.31. The number of hydrogen-bond acceptors (Lipinski definition) is 8. The number of aromatic nitrogens is 4. The highest BCUT2D eigenvalue weighted by Gasteiger charge is 2.35. The van der Waals surface area contributed by atoms with Crippen molar-refractivity contribution in [3.63, 3.8) is 0 Å². The number of aliphatic imine (C=N–C) groups is 1. The lowest BCUT2D eigenvalue weighted by molar-refractivity contribution is -0.121. The Labute approximate surface area is 233 Å². The van der Waals surface area contributed by atoms with Crippen LogP contribution in [0.1, 0.15) is 45.9 Å². The third-order valence-corrected chi connectivity index (χ3v) is 6.43. The molecule has 2 N–H and O–H groups in total. The van der Waals surface area contributed by atoms with E-state index in [-0.39, 0.29) is 48.0 Å². The standard InChI is InChI=1S/C26H22ClF3N6O4/c1-26(2,39)25-31-6-5-15(35-25)22-21(30)23-16(10-33-22)34-19(37)4-3-13-8-18(20(27)24(38)36(13)23)40-11-17-14(29)7-12(28)9-32-17/h5-9,16,39H,3-4,10-11H2,1-2H3,(H,34,37)/t16-/m0/s1/i11D2. The van der Waals surface area contributed by atoms with Crippen molar-refractivity contribution < 1.29 is 30.6 Å². The number of ether oxygens (including phenoxy) is 1. The molecule has 0 fully saturated rings. The Hall–Kier alpha value is -4.10. The average Bonchev–Trinajstić information content (AvgIpc) is 2.89. The number of amides is 1. The summed E-state index contributed by atoms with van der Waals surface area (Å²) in [5, 5.41) is 12.3. The maximum Gasteiger partial charge on any atom is 0.277 e. The lowest BCUT2D eigenvalue weighted by Gasteiger charge is -2.30. The molecule has 2 aliphatic heterocycles. The van der Waals surface area contributed by atoms with Crippen LogP contribution in [0.15, 0.2) is 46.2 Å². The Morgan fingerprint density at radius 1 is 1.25 bits per heavy atom. The van der Waals surface area contributed by atoms with Crippen molar-refractivity contribution >= 4 is 28.9 Å². The van der Waals surface area contributed by atoms with Crippen molar-refractivity contribution in [3.05, 3.63) is 86.3 Å². The molecule has 208 valence electrons. The Kier molecular flexibility index (Phi) is 6.52. The van der Waals surface area contributed by atoms with E-state index in [0.29, 0.717) is 12.3 Å². The van der Waals surface area contributed by atoms with E-state index in [1.165, 1.54) is 26.1 Å². The van der Waals surface area contributed by atoms with E-state index in [9.17, 15) is 23.5 Å². The number of nitrogens with one attached hydrogen (secondary N) is 1. The summed E-state index contributed by atoms with van der Waals surface area (Å²) in [7, 11) is 0. The van der Waals surface area contributed by atoms with E-state index >= 15 is 4.39 Å². The van der Waals surface area contributed by atoms with Gasteiger partial charge in [-0.1, -0.05) is 11.6 Å². The molecule has 3 aromatic rings. The molecule has 10 nitrogen and oxygen atoms in total. The Bertz CT molecular complexity index is 1740. The van der Waals surface area contributed by atoms with Crippen LogP contribution in [0.2, 0.25) is 5.02 Å². The summed E-state index contributed by atoms with van der Waals surface area (Å²) in [6.45, 7) is -0.283. The first-order valence-electron chi connectivity index (χ1n) is 12.9. The molecule has 0 saturated heterocycles. The zero-order valence-electron chi connectivity index (χ0n) is 23.0. The van der Waals surface area contributed by atoms with Crippen LogP contribution in [0.4, 0.5) is 13.2 Å². The van der Waals surface area contributed by atoms with Crippen LogP contribution in [-0.2, 0) is 23.4 Å². The number of carbonyl (C=O) groups excluding carboxylic acids is 1. The quantitative estimate of drug-likeness (QED) is 0.477. The summed E-state index contributed by atoms with van der Waals surface area (Å²) in [4.78, 5) is 42.1. The number of nitrogens with zero attached hydrogens (tertiary/aromatic N) is 5. The number of dihydropyridines is 1. The van der Waals surface area contributed by atoms with E-state index in [1.54, 1.807) is 0 Å². The molecule has 0 radical (unpaired) electrons. The number of rotatable bonds is 5. The van der Waals surface area contributed by atoms with Gasteiger partial charge < -0.3 is 15.2 Å². The van der Waals surface area contributed by atoms with Gasteiger partial charge >= 0.3 is 0 Å². The van der Waals surface area contributed by atoms with Crippen LogP contribution in [0.25, 0.3) is 5.70 Å². The highest BCUT2D eigenvalue weighted by atomic mass is 35.5. The lowest BCUT2D eigenvalue weighted by atomic mass is 10.0. The van der Waals surface area contributed by atoms with E-state index < -0.39 is 63.6 Å². The van der Waals surface area contributed by atoms with Gasteiger partial charge in [-0.2, -0.15) is 0 Å². The van der Waals surface area contributed by atoms with Crippen molar-refractivity contribution in [2.75, 3.05) is 6.54 Å². The predicted molar refractivity (Wildman–Crippen MR) is 137 cm³/mol. The first kappa shape index (κ1) is 24.9. The van der Waals surface area contributed by atoms with Gasteiger partial charge in [0.25, 0.3) is 5.56 Å². The monoisotopic (exact) mass is 576 g/mol. The van der Waals surface area contributed by atoms with Crippen molar-refractivity contribution in [1.82, 2.24) is 24.8 Å². The summed E-state index contributed by atoms with van der Waals surface area (Å²) in [5.74, 6) is -4.39. The summed E-state index contributed by atoms with van der Waals surface area (Å²) >= 11 is 6.30. The molecular formula is C26H22ClF3N6O4. The molecule has 40 heavy (non-hydrogen) atoms. The number of aliphatic hydroxyl groups is 1. The second kappa shape index (κ2) is 10.5. The second-order valence-corrected chi connectivity index (χ2v) is 9.85. The molecule has 0 aliphatic carbocycles. The Balaban J connectivity index is 1.64. The molecule has 5 rings (SSSR count). The first-order chi connectivity index (χ1) is 19.7. The average molecular weight is 577 g/mol. The fraction of sp³-hybridized carbons (Fsp3) is 0.308. The first-order valence-corrected chi connectivity index (χ1v) is 12.3. The second-order valence-electron chi connectivity index (χ2n) is 9.48. The van der Waals surface area contributed by atoms with Gasteiger partial charge in [-0.15, -0.1) is 0 Å². The zero-order valence-corrected chi connectivity index (χ0v) is 21.8. The van der Waals surface area contributed by atoms with Gasteiger partial charge in [0.1, 0.15) is 40.2 Å². The van der Waals surface area contributed by atoms with Gasteiger partial charge in [0.05, 0.1) is 32.9 Å². The molecule has 2 aliphatic rings. The van der Waals surface area contributed by atoms with Gasteiger partial charge in [0.15, 0.2) is 17.5 Å². The number of fused-ring (bicyclic) bond motifs is 3. The molecule has 1 atom stereocenters. The van der Waals surface area contributed by atoms with Gasteiger partial charge in [-0.3, -0.25) is 24.1 Å². The topological polar surface area (TPSA) is 132 Å². The maximum absolute atomic E-state index is 16.3. The molecule has 0 aromatic carbocycles. The third kappa shape index (κ3) is 5.21. The van der Waals surface area contributed by atoms with Gasteiger partial charge in [0, 0.05) is 30.4 Å². The molecule has 0 bridgehead atoms. The predicted octanol–water partition coefficient (Wildman–Crippen LogP) is 2.84. The largest absolute Gasteiger partial charge is 0.485 e. The SMILES string of the molecule is [2H]C([2H])(Oc1cc2n(c(=O)c1Cl)C1=C(F)C(c3ccnc(C(C)(C)O)n3)=NC[C@@H]1NC(=O)CC2)c1ncc(F)cc1F. The molecule has 14 heteroatoms. The molecular weight excluding hydrogens is 553 g/mol. The highest BCUT2D eigenvalue weighted by molar-refractivity contribution is 6.32. The summed E-state index contributed by atoms with van der Waals surface area (Å²) < 4.78 is 66.5. The molecule has 5 heterocycles.